The Morgan fingerprint density at radius 3 is 2.27 bits per heavy atom. The molecule has 0 radical (unpaired) electrons. The molecule has 0 aliphatic heterocycles. The third-order valence-electron chi connectivity index (χ3n) is 6.93. The number of amides is 1. The summed E-state index contributed by atoms with van der Waals surface area (Å²) in [4.78, 5) is 25.0. The van der Waals surface area contributed by atoms with Crippen molar-refractivity contribution < 1.29 is 23.5 Å². The van der Waals surface area contributed by atoms with E-state index >= 15 is 0 Å². The molecule has 5 aromatic rings. The molecular formula is C34H33NO5S. The summed E-state index contributed by atoms with van der Waals surface area (Å²) in [5.41, 5.74) is 6.18. The molecule has 1 amide bonds. The zero-order valence-electron chi connectivity index (χ0n) is 23.2. The number of thioether (sulfide) groups is 1. The molecule has 0 fully saturated rings. The van der Waals surface area contributed by atoms with Gasteiger partial charge in [0.15, 0.2) is 0 Å². The third kappa shape index (κ3) is 6.92. The second-order valence-corrected chi connectivity index (χ2v) is 10.9. The Balaban J connectivity index is 1.25. The van der Waals surface area contributed by atoms with Crippen molar-refractivity contribution >= 4 is 45.8 Å². The van der Waals surface area contributed by atoms with E-state index in [1.807, 2.05) is 25.1 Å². The molecule has 0 aliphatic rings. The first kappa shape index (κ1) is 28.3. The molecule has 5 rings (SSSR count). The summed E-state index contributed by atoms with van der Waals surface area (Å²) in [6.07, 6.45) is 1.31. The number of nitrogens with one attached hydrogen (secondary N) is 1. The van der Waals surface area contributed by atoms with Crippen molar-refractivity contribution in [1.82, 2.24) is 5.32 Å². The summed E-state index contributed by atoms with van der Waals surface area (Å²) < 4.78 is 16.2. The Bertz CT molecular complexity index is 1630. The first-order valence-corrected chi connectivity index (χ1v) is 14.8. The van der Waals surface area contributed by atoms with Crippen LogP contribution in [0.4, 0.5) is 4.79 Å². The number of carbonyl (C=O) groups excluding carboxylic acids is 2. The first-order valence-electron chi connectivity index (χ1n) is 13.8. The molecule has 0 saturated carbocycles. The van der Waals surface area contributed by atoms with Gasteiger partial charge in [0.1, 0.15) is 11.2 Å². The highest BCUT2D eigenvalue weighted by atomic mass is 32.2. The van der Waals surface area contributed by atoms with E-state index in [0.29, 0.717) is 12.4 Å². The Kier molecular flexibility index (Phi) is 9.26. The fraction of sp³-hybridized carbons (Fsp3) is 0.235. The molecular weight excluding hydrogens is 534 g/mol. The standard InChI is InChI=1S/C34H33NO5S/c1-3-4-20-39-34(37)35-26(21-32(36)38-2)22-41-27-18-16-24(17-19-27)23-12-14-25(15-13-23)28-9-7-10-30-29-8-5-6-11-31(29)40-33(28)30/h5-19,26H,3-4,20-22H2,1-2H3,(H,35,37). The van der Waals surface area contributed by atoms with Crippen LogP contribution in [0.25, 0.3) is 44.2 Å². The minimum absolute atomic E-state index is 0.0819. The fourth-order valence-electron chi connectivity index (χ4n) is 4.71. The van der Waals surface area contributed by atoms with Crippen molar-refractivity contribution in [2.24, 2.45) is 0 Å². The lowest BCUT2D eigenvalue weighted by Gasteiger charge is -2.17. The van der Waals surface area contributed by atoms with Crippen molar-refractivity contribution in [3.63, 3.8) is 0 Å². The zero-order chi connectivity index (χ0) is 28.6. The minimum Gasteiger partial charge on any atom is -0.469 e. The average molecular weight is 568 g/mol. The smallest absolute Gasteiger partial charge is 0.407 e. The van der Waals surface area contributed by atoms with Gasteiger partial charge in [0.25, 0.3) is 0 Å². The van der Waals surface area contributed by atoms with E-state index in [4.69, 9.17) is 13.9 Å². The average Bonchev–Trinajstić information content (AvgIpc) is 3.39. The van der Waals surface area contributed by atoms with Gasteiger partial charge in [-0.25, -0.2) is 4.79 Å². The third-order valence-corrected chi connectivity index (χ3v) is 8.11. The summed E-state index contributed by atoms with van der Waals surface area (Å²) >= 11 is 1.57. The number of methoxy groups -OCH3 is 1. The van der Waals surface area contributed by atoms with E-state index in [2.05, 4.69) is 78.1 Å². The topological polar surface area (TPSA) is 77.8 Å². The van der Waals surface area contributed by atoms with Gasteiger partial charge in [-0.2, -0.15) is 0 Å². The van der Waals surface area contributed by atoms with Gasteiger partial charge in [-0.15, -0.1) is 11.8 Å². The molecule has 6 nitrogen and oxygen atoms in total. The summed E-state index contributed by atoms with van der Waals surface area (Å²) in [6.45, 7) is 2.39. The van der Waals surface area contributed by atoms with Crippen LogP contribution in [-0.4, -0.2) is 37.6 Å². The maximum absolute atomic E-state index is 12.1. The van der Waals surface area contributed by atoms with Crippen molar-refractivity contribution in [1.29, 1.82) is 0 Å². The highest BCUT2D eigenvalue weighted by Crippen LogP contribution is 2.36. The number of rotatable bonds is 11. The van der Waals surface area contributed by atoms with Gasteiger partial charge in [-0.3, -0.25) is 4.79 Å². The number of benzene rings is 4. The lowest BCUT2D eigenvalue weighted by Crippen LogP contribution is -2.39. The number of ether oxygens (including phenoxy) is 2. The monoisotopic (exact) mass is 567 g/mol. The number of fused-ring (bicyclic) bond motifs is 3. The van der Waals surface area contributed by atoms with E-state index in [1.165, 1.54) is 7.11 Å². The van der Waals surface area contributed by atoms with E-state index in [9.17, 15) is 9.59 Å². The Labute approximate surface area is 244 Å². The number of unbranched alkanes of at least 4 members (excludes halogenated alkanes) is 1. The van der Waals surface area contributed by atoms with Crippen molar-refractivity contribution in [2.45, 2.75) is 37.1 Å². The van der Waals surface area contributed by atoms with Gasteiger partial charge >= 0.3 is 12.1 Å². The molecule has 1 N–H and O–H groups in total. The first-order chi connectivity index (χ1) is 20.1. The van der Waals surface area contributed by atoms with Crippen LogP contribution in [0.3, 0.4) is 0 Å². The number of esters is 1. The highest BCUT2D eigenvalue weighted by molar-refractivity contribution is 7.99. The SMILES string of the molecule is CCCCOC(=O)NC(CSc1ccc(-c2ccc(-c3cccc4c3oc3ccccc34)cc2)cc1)CC(=O)OC. The quantitative estimate of drug-likeness (QED) is 0.0980. The maximum Gasteiger partial charge on any atom is 0.407 e. The summed E-state index contributed by atoms with van der Waals surface area (Å²) in [6, 6.07) is 30.8. The molecule has 1 unspecified atom stereocenters. The van der Waals surface area contributed by atoms with E-state index < -0.39 is 12.1 Å². The van der Waals surface area contributed by atoms with Crippen LogP contribution >= 0.6 is 11.8 Å². The predicted molar refractivity (Wildman–Crippen MR) is 165 cm³/mol. The van der Waals surface area contributed by atoms with E-state index in [0.717, 1.165) is 61.9 Å². The number of hydrogen-bond donors (Lipinski definition) is 1. The van der Waals surface area contributed by atoms with Crippen molar-refractivity contribution in [3.05, 3.63) is 91.0 Å². The lowest BCUT2D eigenvalue weighted by atomic mass is 9.99. The fourth-order valence-corrected chi connectivity index (χ4v) is 5.63. The minimum atomic E-state index is -0.511. The number of alkyl carbamates (subject to hydrolysis) is 1. The van der Waals surface area contributed by atoms with Gasteiger partial charge < -0.3 is 19.2 Å². The van der Waals surface area contributed by atoms with Crippen LogP contribution in [0.2, 0.25) is 0 Å². The highest BCUT2D eigenvalue weighted by Gasteiger charge is 2.18. The Morgan fingerprint density at radius 1 is 0.854 bits per heavy atom. The van der Waals surface area contributed by atoms with Gasteiger partial charge in [0.2, 0.25) is 0 Å². The van der Waals surface area contributed by atoms with Crippen LogP contribution in [0.5, 0.6) is 0 Å². The largest absolute Gasteiger partial charge is 0.469 e. The molecule has 0 aliphatic carbocycles. The Hall–Kier alpha value is -4.23. The summed E-state index contributed by atoms with van der Waals surface area (Å²) in [7, 11) is 1.34. The van der Waals surface area contributed by atoms with Gasteiger partial charge in [-0.1, -0.05) is 86.1 Å². The second-order valence-electron chi connectivity index (χ2n) is 9.80. The molecule has 0 bridgehead atoms. The van der Waals surface area contributed by atoms with Crippen molar-refractivity contribution in [2.75, 3.05) is 19.5 Å². The van der Waals surface area contributed by atoms with Crippen molar-refractivity contribution in [3.8, 4) is 22.3 Å². The molecule has 210 valence electrons. The van der Waals surface area contributed by atoms with Gasteiger partial charge in [0.05, 0.1) is 26.2 Å². The zero-order valence-corrected chi connectivity index (χ0v) is 24.0. The predicted octanol–water partition coefficient (Wildman–Crippen LogP) is 8.47. The molecule has 0 spiro atoms. The van der Waals surface area contributed by atoms with Crippen LogP contribution in [0.1, 0.15) is 26.2 Å². The Morgan fingerprint density at radius 2 is 1.54 bits per heavy atom. The number of para-hydroxylation sites is 2. The second kappa shape index (κ2) is 13.4. The molecule has 4 aromatic carbocycles. The van der Waals surface area contributed by atoms with Gasteiger partial charge in [0, 0.05) is 27.0 Å². The maximum atomic E-state index is 12.1. The number of hydrogen-bond acceptors (Lipinski definition) is 6. The molecule has 1 aromatic heterocycles. The van der Waals surface area contributed by atoms with Crippen LogP contribution in [0, 0.1) is 0 Å². The molecule has 41 heavy (non-hydrogen) atoms. The summed E-state index contributed by atoms with van der Waals surface area (Å²) in [5, 5.41) is 5.04. The van der Waals surface area contributed by atoms with E-state index in [1.54, 1.807) is 11.8 Å². The summed E-state index contributed by atoms with van der Waals surface area (Å²) in [5.74, 6) is 0.138. The molecule has 1 heterocycles. The number of carbonyl (C=O) groups is 2. The molecule has 7 heteroatoms. The lowest BCUT2D eigenvalue weighted by molar-refractivity contribution is -0.141. The van der Waals surface area contributed by atoms with Crippen LogP contribution in [-0.2, 0) is 14.3 Å². The van der Waals surface area contributed by atoms with Crippen LogP contribution < -0.4 is 5.32 Å². The molecule has 0 saturated heterocycles. The van der Waals surface area contributed by atoms with Gasteiger partial charge in [-0.05, 0) is 41.3 Å². The molecule has 1 atom stereocenters. The number of furan rings is 1. The normalized spacial score (nSPS) is 11.9. The van der Waals surface area contributed by atoms with E-state index in [-0.39, 0.29) is 12.4 Å². The van der Waals surface area contributed by atoms with Crippen LogP contribution in [0.15, 0.2) is 100 Å².